The monoisotopic (exact) mass is 406 g/mol. The Morgan fingerprint density at radius 1 is 1.13 bits per heavy atom. The van der Waals surface area contributed by atoms with Crippen molar-refractivity contribution in [1.29, 1.82) is 0 Å². The summed E-state index contributed by atoms with van der Waals surface area (Å²) < 4.78 is 7.00. The number of carbonyl (C=O) groups is 2. The summed E-state index contributed by atoms with van der Waals surface area (Å²) in [6.07, 6.45) is 2.43. The molecule has 0 radical (unpaired) electrons. The highest BCUT2D eigenvalue weighted by Gasteiger charge is 2.51. The van der Waals surface area contributed by atoms with E-state index in [-0.39, 0.29) is 11.8 Å². The summed E-state index contributed by atoms with van der Waals surface area (Å²) in [6.45, 7) is 4.84. The first-order valence-corrected chi connectivity index (χ1v) is 10.0. The lowest BCUT2D eigenvalue weighted by Gasteiger charge is -2.49. The molecule has 7 heteroatoms. The van der Waals surface area contributed by atoms with Crippen LogP contribution in [0.15, 0.2) is 53.2 Å². The van der Waals surface area contributed by atoms with Crippen molar-refractivity contribution < 1.29 is 14.1 Å². The van der Waals surface area contributed by atoms with Crippen molar-refractivity contribution in [2.45, 2.75) is 26.8 Å². The van der Waals surface area contributed by atoms with E-state index in [0.717, 1.165) is 16.8 Å². The summed E-state index contributed by atoms with van der Waals surface area (Å²) in [5, 5.41) is 7.00. The van der Waals surface area contributed by atoms with Gasteiger partial charge < -0.3 is 19.3 Å². The molecule has 4 rings (SSSR count). The Kier molecular flexibility index (Phi) is 5.20. The van der Waals surface area contributed by atoms with Crippen LogP contribution in [0.4, 0.5) is 0 Å². The van der Waals surface area contributed by atoms with Crippen LogP contribution in [-0.2, 0) is 24.8 Å². The van der Waals surface area contributed by atoms with Gasteiger partial charge in [0.05, 0.1) is 11.1 Å². The Morgan fingerprint density at radius 2 is 1.87 bits per heavy atom. The van der Waals surface area contributed by atoms with E-state index in [9.17, 15) is 9.59 Å². The van der Waals surface area contributed by atoms with Gasteiger partial charge in [-0.25, -0.2) is 0 Å². The molecule has 1 fully saturated rings. The third kappa shape index (κ3) is 3.63. The minimum atomic E-state index is -0.652. The van der Waals surface area contributed by atoms with Gasteiger partial charge in [-0.3, -0.25) is 9.59 Å². The number of carbonyl (C=O) groups excluding carboxylic acids is 2. The van der Waals surface area contributed by atoms with Gasteiger partial charge >= 0.3 is 0 Å². The van der Waals surface area contributed by atoms with Crippen molar-refractivity contribution in [2.75, 3.05) is 13.1 Å². The van der Waals surface area contributed by atoms with Gasteiger partial charge in [0.15, 0.2) is 0 Å². The van der Waals surface area contributed by atoms with Crippen molar-refractivity contribution in [3.63, 3.8) is 0 Å². The van der Waals surface area contributed by atoms with Gasteiger partial charge in [0.1, 0.15) is 11.5 Å². The van der Waals surface area contributed by atoms with E-state index in [2.05, 4.69) is 10.5 Å². The SMILES string of the molecule is Cc1noc(C)c1CNC(=O)C1(Cc2ccccc2)CN(C(=O)c2cccn2C)C1. The maximum absolute atomic E-state index is 13.3. The van der Waals surface area contributed by atoms with E-state index in [0.29, 0.717) is 37.5 Å². The molecule has 3 aromatic rings. The van der Waals surface area contributed by atoms with Gasteiger partial charge in [0.2, 0.25) is 5.91 Å². The van der Waals surface area contributed by atoms with Crippen molar-refractivity contribution in [2.24, 2.45) is 12.5 Å². The van der Waals surface area contributed by atoms with E-state index in [4.69, 9.17) is 4.52 Å². The van der Waals surface area contributed by atoms with E-state index in [1.165, 1.54) is 0 Å². The van der Waals surface area contributed by atoms with Crippen LogP contribution < -0.4 is 5.32 Å². The first kappa shape index (κ1) is 19.9. The summed E-state index contributed by atoms with van der Waals surface area (Å²) in [5.41, 5.74) is 2.73. The largest absolute Gasteiger partial charge is 0.361 e. The average Bonchev–Trinajstić information content (AvgIpc) is 3.28. The third-order valence-electron chi connectivity index (χ3n) is 5.91. The molecule has 0 spiro atoms. The van der Waals surface area contributed by atoms with E-state index < -0.39 is 5.41 Å². The zero-order valence-electron chi connectivity index (χ0n) is 17.5. The van der Waals surface area contributed by atoms with Gasteiger partial charge in [-0.2, -0.15) is 0 Å². The Hall–Kier alpha value is -3.35. The fourth-order valence-electron chi connectivity index (χ4n) is 4.11. The highest BCUT2D eigenvalue weighted by Crippen LogP contribution is 2.36. The maximum Gasteiger partial charge on any atom is 0.270 e. The predicted molar refractivity (Wildman–Crippen MR) is 112 cm³/mol. The molecule has 7 nitrogen and oxygen atoms in total. The molecule has 1 aromatic carbocycles. The van der Waals surface area contributed by atoms with Gasteiger partial charge in [0, 0.05) is 38.4 Å². The van der Waals surface area contributed by atoms with Crippen LogP contribution in [0.1, 0.15) is 33.1 Å². The molecule has 0 unspecified atom stereocenters. The normalized spacial score (nSPS) is 15.0. The lowest BCUT2D eigenvalue weighted by molar-refractivity contribution is -0.139. The number of rotatable bonds is 6. The first-order chi connectivity index (χ1) is 14.4. The van der Waals surface area contributed by atoms with Gasteiger partial charge in [-0.15, -0.1) is 0 Å². The summed E-state index contributed by atoms with van der Waals surface area (Å²) in [6, 6.07) is 13.6. The molecule has 30 heavy (non-hydrogen) atoms. The first-order valence-electron chi connectivity index (χ1n) is 10.0. The Labute approximate surface area is 175 Å². The Morgan fingerprint density at radius 3 is 2.47 bits per heavy atom. The number of aryl methyl sites for hydroxylation is 3. The number of nitrogens with one attached hydrogen (secondary N) is 1. The second kappa shape index (κ2) is 7.82. The highest BCUT2D eigenvalue weighted by atomic mass is 16.5. The Bertz CT molecular complexity index is 1040. The van der Waals surface area contributed by atoms with Gasteiger partial charge in [-0.1, -0.05) is 35.5 Å². The number of benzene rings is 1. The van der Waals surface area contributed by atoms with Crippen LogP contribution in [0.5, 0.6) is 0 Å². The number of nitrogens with zero attached hydrogens (tertiary/aromatic N) is 3. The lowest BCUT2D eigenvalue weighted by atomic mass is 9.73. The topological polar surface area (TPSA) is 80.4 Å². The summed E-state index contributed by atoms with van der Waals surface area (Å²) >= 11 is 0. The van der Waals surface area contributed by atoms with Crippen molar-refractivity contribution >= 4 is 11.8 Å². The zero-order valence-corrected chi connectivity index (χ0v) is 17.5. The number of hydrogen-bond acceptors (Lipinski definition) is 4. The minimum absolute atomic E-state index is 0.0512. The molecule has 0 saturated carbocycles. The van der Waals surface area contributed by atoms with Crippen LogP contribution in [0.25, 0.3) is 0 Å². The van der Waals surface area contributed by atoms with Crippen molar-refractivity contribution in [3.8, 4) is 0 Å². The molecular formula is C23H26N4O3. The number of aromatic nitrogens is 2. The van der Waals surface area contributed by atoms with Crippen LogP contribution in [-0.4, -0.2) is 39.5 Å². The number of hydrogen-bond donors (Lipinski definition) is 1. The second-order valence-corrected chi connectivity index (χ2v) is 8.09. The van der Waals surface area contributed by atoms with Crippen LogP contribution in [0.3, 0.4) is 0 Å². The predicted octanol–water partition coefficient (Wildman–Crippen LogP) is 2.63. The molecule has 2 aromatic heterocycles. The molecule has 0 bridgehead atoms. The van der Waals surface area contributed by atoms with E-state index in [1.807, 2.05) is 63.5 Å². The Balaban J connectivity index is 1.51. The molecule has 1 saturated heterocycles. The summed E-state index contributed by atoms with van der Waals surface area (Å²) in [4.78, 5) is 27.9. The molecule has 1 N–H and O–H groups in total. The number of likely N-dealkylation sites (tertiary alicyclic amines) is 1. The van der Waals surface area contributed by atoms with Crippen LogP contribution >= 0.6 is 0 Å². The minimum Gasteiger partial charge on any atom is -0.361 e. The maximum atomic E-state index is 13.3. The van der Waals surface area contributed by atoms with Gasteiger partial charge in [0.25, 0.3) is 5.91 Å². The second-order valence-electron chi connectivity index (χ2n) is 8.09. The molecule has 2 amide bonds. The van der Waals surface area contributed by atoms with Crippen LogP contribution in [0, 0.1) is 19.3 Å². The zero-order chi connectivity index (χ0) is 21.3. The molecule has 1 aliphatic rings. The van der Waals surface area contributed by atoms with Gasteiger partial charge in [-0.05, 0) is 38.0 Å². The lowest BCUT2D eigenvalue weighted by Crippen LogP contribution is -2.65. The standard InChI is InChI=1S/C23H26N4O3/c1-16-19(17(2)30-25-16)13-24-22(29)23(12-18-8-5-4-6-9-18)14-27(15-23)21(28)20-10-7-11-26(20)3/h4-11H,12-15H2,1-3H3,(H,24,29). The molecule has 3 heterocycles. The fraction of sp³-hybridized carbons (Fsp3) is 0.348. The third-order valence-corrected chi connectivity index (χ3v) is 5.91. The fourth-order valence-corrected chi connectivity index (χ4v) is 4.11. The molecule has 0 aliphatic carbocycles. The quantitative estimate of drug-likeness (QED) is 0.682. The van der Waals surface area contributed by atoms with E-state index >= 15 is 0 Å². The smallest absolute Gasteiger partial charge is 0.270 e. The average molecular weight is 406 g/mol. The van der Waals surface area contributed by atoms with Crippen molar-refractivity contribution in [3.05, 3.63) is 76.9 Å². The van der Waals surface area contributed by atoms with Crippen molar-refractivity contribution in [1.82, 2.24) is 19.9 Å². The van der Waals surface area contributed by atoms with E-state index in [1.54, 1.807) is 15.5 Å². The molecule has 0 atom stereocenters. The van der Waals surface area contributed by atoms with Crippen LogP contribution in [0.2, 0.25) is 0 Å². The molecular weight excluding hydrogens is 380 g/mol. The number of amides is 2. The highest BCUT2D eigenvalue weighted by molar-refractivity contribution is 5.96. The molecule has 156 valence electrons. The summed E-state index contributed by atoms with van der Waals surface area (Å²) in [7, 11) is 1.85. The molecule has 1 aliphatic heterocycles. The summed E-state index contributed by atoms with van der Waals surface area (Å²) in [5.74, 6) is 0.603.